The first-order valence-corrected chi connectivity index (χ1v) is 7.48. The minimum absolute atomic E-state index is 0. The van der Waals surface area contributed by atoms with E-state index in [9.17, 15) is 9.18 Å². The van der Waals surface area contributed by atoms with E-state index >= 15 is 0 Å². The summed E-state index contributed by atoms with van der Waals surface area (Å²) in [6, 6.07) is 9.13. The summed E-state index contributed by atoms with van der Waals surface area (Å²) >= 11 is 0. The summed E-state index contributed by atoms with van der Waals surface area (Å²) < 4.78 is 23.5. The molecule has 1 unspecified atom stereocenters. The van der Waals surface area contributed by atoms with Gasteiger partial charge in [-0.25, -0.2) is 9.37 Å². The zero-order chi connectivity index (χ0) is 17.4. The third-order valence-electron chi connectivity index (χ3n) is 3.33. The van der Waals surface area contributed by atoms with Crippen LogP contribution in [0.1, 0.15) is 12.0 Å². The van der Waals surface area contributed by atoms with Gasteiger partial charge in [-0.05, 0) is 35.9 Å². The molecule has 0 aliphatic rings. The van der Waals surface area contributed by atoms with Gasteiger partial charge in [-0.1, -0.05) is 0 Å². The third kappa shape index (κ3) is 7.97. The maximum absolute atomic E-state index is 12.9. The third-order valence-corrected chi connectivity index (χ3v) is 3.33. The fourth-order valence-corrected chi connectivity index (χ4v) is 1.98. The van der Waals surface area contributed by atoms with Gasteiger partial charge in [0, 0.05) is 32.5 Å². The SMILES string of the molecule is COC(CN)CC(=O)NCc1ccnc(Oc2ccc(F)cc2)c1.Cl.Cl. The number of pyridine rings is 1. The Hall–Kier alpha value is -1.93. The monoisotopic (exact) mass is 405 g/mol. The molecule has 0 aliphatic carbocycles. The molecule has 0 radical (unpaired) electrons. The van der Waals surface area contributed by atoms with Crippen LogP contribution in [0.3, 0.4) is 0 Å². The van der Waals surface area contributed by atoms with E-state index in [0.717, 1.165) is 5.56 Å². The molecular formula is C17H22Cl2FN3O3. The summed E-state index contributed by atoms with van der Waals surface area (Å²) in [5.74, 6) is 0.366. The van der Waals surface area contributed by atoms with Crippen molar-refractivity contribution >= 4 is 30.7 Å². The second-order valence-electron chi connectivity index (χ2n) is 5.13. The highest BCUT2D eigenvalue weighted by Gasteiger charge is 2.11. The Kier molecular flexibility index (Phi) is 11.5. The zero-order valence-corrected chi connectivity index (χ0v) is 15.8. The van der Waals surface area contributed by atoms with Crippen LogP contribution >= 0.6 is 24.8 Å². The zero-order valence-electron chi connectivity index (χ0n) is 14.2. The number of nitrogens with two attached hydrogens (primary N) is 1. The lowest BCUT2D eigenvalue weighted by Gasteiger charge is -2.13. The first-order valence-electron chi connectivity index (χ1n) is 7.48. The number of aromatic nitrogens is 1. The van der Waals surface area contributed by atoms with Crippen molar-refractivity contribution in [3.05, 3.63) is 54.0 Å². The smallest absolute Gasteiger partial charge is 0.222 e. The molecule has 0 saturated carbocycles. The molecule has 6 nitrogen and oxygen atoms in total. The number of rotatable bonds is 8. The summed E-state index contributed by atoms with van der Waals surface area (Å²) in [7, 11) is 1.52. The number of hydrogen-bond donors (Lipinski definition) is 2. The van der Waals surface area contributed by atoms with Crippen molar-refractivity contribution < 1.29 is 18.7 Å². The lowest BCUT2D eigenvalue weighted by atomic mass is 10.2. The fourth-order valence-electron chi connectivity index (χ4n) is 1.98. The number of methoxy groups -OCH3 is 1. The van der Waals surface area contributed by atoms with Gasteiger partial charge in [-0.15, -0.1) is 24.8 Å². The second kappa shape index (κ2) is 12.4. The lowest BCUT2D eigenvalue weighted by Crippen LogP contribution is -2.31. The van der Waals surface area contributed by atoms with Crippen LogP contribution in [-0.4, -0.2) is 30.6 Å². The maximum Gasteiger partial charge on any atom is 0.222 e. The van der Waals surface area contributed by atoms with Gasteiger partial charge in [-0.2, -0.15) is 0 Å². The van der Waals surface area contributed by atoms with Crippen molar-refractivity contribution in [3.63, 3.8) is 0 Å². The van der Waals surface area contributed by atoms with Crippen molar-refractivity contribution in [2.45, 2.75) is 19.1 Å². The van der Waals surface area contributed by atoms with E-state index in [1.807, 2.05) is 0 Å². The van der Waals surface area contributed by atoms with Gasteiger partial charge in [0.2, 0.25) is 11.8 Å². The number of nitrogens with one attached hydrogen (secondary N) is 1. The molecule has 0 spiro atoms. The molecule has 1 atom stereocenters. The van der Waals surface area contributed by atoms with E-state index in [1.54, 1.807) is 18.3 Å². The number of ether oxygens (including phenoxy) is 2. The first kappa shape index (κ1) is 24.1. The Morgan fingerprint density at radius 1 is 1.27 bits per heavy atom. The van der Waals surface area contributed by atoms with Crippen molar-refractivity contribution in [3.8, 4) is 11.6 Å². The highest BCUT2D eigenvalue weighted by Crippen LogP contribution is 2.20. The van der Waals surface area contributed by atoms with Crippen molar-refractivity contribution in [1.82, 2.24) is 10.3 Å². The molecular weight excluding hydrogens is 384 g/mol. The van der Waals surface area contributed by atoms with Gasteiger partial charge in [0.15, 0.2) is 0 Å². The quantitative estimate of drug-likeness (QED) is 0.704. The minimum Gasteiger partial charge on any atom is -0.439 e. The molecule has 3 N–H and O–H groups in total. The van der Waals surface area contributed by atoms with E-state index in [2.05, 4.69) is 10.3 Å². The Balaban J connectivity index is 0.00000312. The lowest BCUT2D eigenvalue weighted by molar-refractivity contribution is -0.123. The highest BCUT2D eigenvalue weighted by molar-refractivity contribution is 5.85. The fraction of sp³-hybridized carbons (Fsp3) is 0.294. The molecule has 1 aromatic heterocycles. The molecule has 9 heteroatoms. The van der Waals surface area contributed by atoms with Gasteiger partial charge in [0.1, 0.15) is 11.6 Å². The number of benzene rings is 1. The van der Waals surface area contributed by atoms with E-state index in [1.165, 1.54) is 31.4 Å². The number of nitrogens with zero attached hydrogens (tertiary/aromatic N) is 1. The van der Waals surface area contributed by atoms with E-state index < -0.39 is 0 Å². The predicted molar refractivity (Wildman–Crippen MR) is 102 cm³/mol. The first-order chi connectivity index (χ1) is 11.6. The van der Waals surface area contributed by atoms with E-state index in [4.69, 9.17) is 15.2 Å². The number of hydrogen-bond acceptors (Lipinski definition) is 5. The standard InChI is InChI=1S/C17H20FN3O3.2ClH/c1-23-15(10-19)9-16(22)21-11-12-6-7-20-17(8-12)24-14-4-2-13(18)3-5-14;;/h2-8,15H,9-11,19H2,1H3,(H,21,22);2*1H. The van der Waals surface area contributed by atoms with Gasteiger partial charge in [0.05, 0.1) is 12.5 Å². The van der Waals surface area contributed by atoms with Gasteiger partial charge in [-0.3, -0.25) is 4.79 Å². The van der Waals surface area contributed by atoms with E-state index in [0.29, 0.717) is 18.2 Å². The van der Waals surface area contributed by atoms with Crippen LogP contribution in [0, 0.1) is 5.82 Å². The summed E-state index contributed by atoms with van der Waals surface area (Å²) in [5.41, 5.74) is 6.32. The van der Waals surface area contributed by atoms with Crippen LogP contribution in [0.25, 0.3) is 0 Å². The largest absolute Gasteiger partial charge is 0.439 e. The predicted octanol–water partition coefficient (Wildman–Crippen LogP) is 2.84. The summed E-state index contributed by atoms with van der Waals surface area (Å²) in [5, 5.41) is 2.79. The number of amides is 1. The molecule has 2 aromatic rings. The number of carbonyl (C=O) groups excluding carboxylic acids is 1. The number of carbonyl (C=O) groups is 1. The van der Waals surface area contributed by atoms with Crippen molar-refractivity contribution in [1.29, 1.82) is 0 Å². The molecule has 2 rings (SSSR count). The molecule has 0 bridgehead atoms. The molecule has 26 heavy (non-hydrogen) atoms. The van der Waals surface area contributed by atoms with E-state index in [-0.39, 0.29) is 55.6 Å². The molecule has 0 aliphatic heterocycles. The average molecular weight is 406 g/mol. The normalized spacial score (nSPS) is 10.9. The summed E-state index contributed by atoms with van der Waals surface area (Å²) in [6.45, 7) is 0.622. The summed E-state index contributed by atoms with van der Waals surface area (Å²) in [4.78, 5) is 15.9. The molecule has 1 amide bonds. The van der Waals surface area contributed by atoms with Crippen molar-refractivity contribution in [2.75, 3.05) is 13.7 Å². The Labute approximate surface area is 164 Å². The molecule has 0 fully saturated rings. The molecule has 1 aromatic carbocycles. The van der Waals surface area contributed by atoms with Crippen LogP contribution in [0.5, 0.6) is 11.6 Å². The van der Waals surface area contributed by atoms with Gasteiger partial charge >= 0.3 is 0 Å². The van der Waals surface area contributed by atoms with Gasteiger partial charge in [0.25, 0.3) is 0 Å². The van der Waals surface area contributed by atoms with Crippen molar-refractivity contribution in [2.24, 2.45) is 5.73 Å². The van der Waals surface area contributed by atoms with Crippen LogP contribution < -0.4 is 15.8 Å². The molecule has 1 heterocycles. The van der Waals surface area contributed by atoms with Crippen LogP contribution in [0.2, 0.25) is 0 Å². The number of halogens is 3. The molecule has 0 saturated heterocycles. The Bertz CT molecular complexity index is 671. The minimum atomic E-state index is -0.335. The van der Waals surface area contributed by atoms with Gasteiger partial charge < -0.3 is 20.5 Å². The van der Waals surface area contributed by atoms with Crippen LogP contribution in [0.4, 0.5) is 4.39 Å². The second-order valence-corrected chi connectivity index (χ2v) is 5.13. The van der Waals surface area contributed by atoms with Crippen LogP contribution in [-0.2, 0) is 16.1 Å². The van der Waals surface area contributed by atoms with Crippen LogP contribution in [0.15, 0.2) is 42.6 Å². The maximum atomic E-state index is 12.9. The molecule has 144 valence electrons. The highest BCUT2D eigenvalue weighted by atomic mass is 35.5. The topological polar surface area (TPSA) is 86.5 Å². The average Bonchev–Trinajstić information content (AvgIpc) is 2.60. The Morgan fingerprint density at radius 2 is 1.96 bits per heavy atom. The Morgan fingerprint density at radius 3 is 2.58 bits per heavy atom. The summed E-state index contributed by atoms with van der Waals surface area (Å²) in [6.07, 6.45) is 1.50.